The Morgan fingerprint density at radius 2 is 1.57 bits per heavy atom. The van der Waals surface area contributed by atoms with E-state index in [1.807, 2.05) is 42.5 Å². The predicted octanol–water partition coefficient (Wildman–Crippen LogP) is 5.40. The highest BCUT2D eigenvalue weighted by molar-refractivity contribution is 7.92. The summed E-state index contributed by atoms with van der Waals surface area (Å²) >= 11 is 12.4. The number of likely N-dealkylation sites (tertiary alicyclic amines) is 1. The summed E-state index contributed by atoms with van der Waals surface area (Å²) in [6, 6.07) is 23.9. The number of nitrogens with zero attached hydrogens (tertiary/aromatic N) is 1. The fraction of sp³-hybridized carbons (Fsp3) is 0.297. The number of rotatable bonds is 11. The smallest absolute Gasteiger partial charge is 0.289 e. The third kappa shape index (κ3) is 6.82. The number of fused-ring (bicyclic) bond motifs is 1. The molecular weight excluding hydrogens is 685 g/mol. The molecule has 0 radical (unpaired) electrons. The van der Waals surface area contributed by atoms with Gasteiger partial charge in [-0.1, -0.05) is 96.9 Å². The van der Waals surface area contributed by atoms with Gasteiger partial charge in [0.25, 0.3) is 5.91 Å². The summed E-state index contributed by atoms with van der Waals surface area (Å²) in [6.45, 7) is 1.52. The van der Waals surface area contributed by atoms with E-state index in [9.17, 15) is 27.6 Å². The van der Waals surface area contributed by atoms with Gasteiger partial charge in [0.2, 0.25) is 17.6 Å². The number of nitrogens with one attached hydrogen (secondary N) is 2. The number of hydrogen-bond donors (Lipinski definition) is 2. The topological polar surface area (TPSA) is 130 Å². The Morgan fingerprint density at radius 3 is 2.27 bits per heavy atom. The van der Waals surface area contributed by atoms with Gasteiger partial charge < -0.3 is 15.5 Å². The molecule has 1 aliphatic carbocycles. The zero-order valence-corrected chi connectivity index (χ0v) is 29.0. The SMILES string of the molecule is CC[C@H](NC(=O)[C@@H]1C[C@@H](S(=O)(=O)c2ccccc2Cl)CN1C(=O)C1(c2ccc(Cl)cc2)CC1)C(=O)C(=O)NCc1cccc2ccccc12. The summed E-state index contributed by atoms with van der Waals surface area (Å²) in [5.74, 6) is -2.79. The van der Waals surface area contributed by atoms with Crippen LogP contribution in [0, 0.1) is 0 Å². The van der Waals surface area contributed by atoms with E-state index in [2.05, 4.69) is 10.6 Å². The minimum atomic E-state index is -4.07. The van der Waals surface area contributed by atoms with Crippen LogP contribution in [-0.4, -0.2) is 60.7 Å². The molecule has 6 rings (SSSR count). The number of carbonyl (C=O) groups is 4. The molecule has 9 nitrogen and oxygen atoms in total. The van der Waals surface area contributed by atoms with Crippen molar-refractivity contribution in [2.75, 3.05) is 6.54 Å². The lowest BCUT2D eigenvalue weighted by Crippen LogP contribution is -2.54. The average Bonchev–Trinajstić information content (AvgIpc) is 3.79. The first-order valence-corrected chi connectivity index (χ1v) is 18.4. The molecule has 4 aromatic carbocycles. The molecular formula is C37H35Cl2N3O6S. The normalized spacial score (nSPS) is 18.9. The number of hydrogen-bond acceptors (Lipinski definition) is 6. The zero-order chi connectivity index (χ0) is 34.9. The van der Waals surface area contributed by atoms with Crippen molar-refractivity contribution in [3.63, 3.8) is 0 Å². The number of ketones is 1. The van der Waals surface area contributed by atoms with Crippen molar-refractivity contribution in [3.8, 4) is 0 Å². The lowest BCUT2D eigenvalue weighted by atomic mass is 9.94. The monoisotopic (exact) mass is 719 g/mol. The van der Waals surface area contributed by atoms with Crippen LogP contribution in [0.15, 0.2) is 95.9 Å². The van der Waals surface area contributed by atoms with Crippen molar-refractivity contribution in [1.29, 1.82) is 0 Å². The highest BCUT2D eigenvalue weighted by Gasteiger charge is 2.57. The minimum Gasteiger partial charge on any atom is -0.345 e. The molecule has 1 saturated carbocycles. The van der Waals surface area contributed by atoms with E-state index in [-0.39, 0.29) is 41.8 Å². The van der Waals surface area contributed by atoms with E-state index < -0.39 is 50.2 Å². The second-order valence-electron chi connectivity index (χ2n) is 12.6. The van der Waals surface area contributed by atoms with Crippen molar-refractivity contribution in [1.82, 2.24) is 15.5 Å². The molecule has 254 valence electrons. The summed E-state index contributed by atoms with van der Waals surface area (Å²) < 4.78 is 27.7. The number of Topliss-reactive ketones (excluding diaryl/α,β-unsaturated/α-hetero) is 1. The summed E-state index contributed by atoms with van der Waals surface area (Å²) in [6.07, 6.45) is 0.934. The molecule has 1 saturated heterocycles. The molecule has 0 bridgehead atoms. The van der Waals surface area contributed by atoms with Crippen LogP contribution >= 0.6 is 23.2 Å². The van der Waals surface area contributed by atoms with Crippen LogP contribution in [0.4, 0.5) is 0 Å². The lowest BCUT2D eigenvalue weighted by molar-refractivity contribution is -0.143. The van der Waals surface area contributed by atoms with Crippen LogP contribution in [0.1, 0.15) is 43.7 Å². The third-order valence-electron chi connectivity index (χ3n) is 9.55. The van der Waals surface area contributed by atoms with E-state index in [1.54, 1.807) is 43.3 Å². The van der Waals surface area contributed by atoms with Gasteiger partial charge in [-0.05, 0) is 71.8 Å². The van der Waals surface area contributed by atoms with Crippen molar-refractivity contribution < 1.29 is 27.6 Å². The van der Waals surface area contributed by atoms with Crippen molar-refractivity contribution >= 4 is 67.3 Å². The number of benzene rings is 4. The number of halogens is 2. The number of sulfone groups is 1. The Bertz CT molecular complexity index is 2040. The molecule has 3 amide bonds. The standard InChI is InChI=1S/C37H35Cl2N3O6S/c1-2-30(33(43)35(45)40-21-24-10-7-9-23-8-3-4-11-28(23)24)41-34(44)31-20-27(49(47,48)32-13-6-5-12-29(32)39)22-42(31)36(46)37(18-19-37)25-14-16-26(38)17-15-25/h3-17,27,30-31H,2,18-22H2,1H3,(H,40,45)(H,41,44)/t27-,30+,31+/m1/s1. The van der Waals surface area contributed by atoms with E-state index in [0.717, 1.165) is 21.9 Å². The molecule has 2 fully saturated rings. The molecule has 2 N–H and O–H groups in total. The van der Waals surface area contributed by atoms with Crippen molar-refractivity contribution in [2.24, 2.45) is 0 Å². The largest absolute Gasteiger partial charge is 0.345 e. The van der Waals surface area contributed by atoms with Crippen molar-refractivity contribution in [2.45, 2.75) is 66.8 Å². The van der Waals surface area contributed by atoms with Gasteiger partial charge >= 0.3 is 0 Å². The summed E-state index contributed by atoms with van der Waals surface area (Å²) in [5, 5.41) is 6.69. The third-order valence-corrected chi connectivity index (χ3v) is 12.4. The maximum absolute atomic E-state index is 14.3. The van der Waals surface area contributed by atoms with Crippen LogP contribution in [0.2, 0.25) is 10.0 Å². The first kappa shape index (κ1) is 34.6. The van der Waals surface area contributed by atoms with Gasteiger partial charge in [0.1, 0.15) is 6.04 Å². The first-order valence-electron chi connectivity index (χ1n) is 16.1. The fourth-order valence-corrected chi connectivity index (χ4v) is 8.98. The number of amides is 3. The highest BCUT2D eigenvalue weighted by atomic mass is 35.5. The Kier molecular flexibility index (Phi) is 9.84. The van der Waals surface area contributed by atoms with Gasteiger partial charge in [-0.2, -0.15) is 0 Å². The van der Waals surface area contributed by atoms with E-state index >= 15 is 0 Å². The Balaban J connectivity index is 1.22. The lowest BCUT2D eigenvalue weighted by Gasteiger charge is -2.29. The molecule has 2 aliphatic rings. The van der Waals surface area contributed by atoms with Crippen LogP contribution in [-0.2, 0) is 41.0 Å². The van der Waals surface area contributed by atoms with Crippen LogP contribution in [0.25, 0.3) is 10.8 Å². The minimum absolute atomic E-state index is 0.0410. The van der Waals surface area contributed by atoms with E-state index in [0.29, 0.717) is 17.9 Å². The molecule has 3 atom stereocenters. The fourth-order valence-electron chi connectivity index (χ4n) is 6.63. The van der Waals surface area contributed by atoms with Gasteiger partial charge in [-0.25, -0.2) is 8.42 Å². The summed E-state index contributed by atoms with van der Waals surface area (Å²) in [4.78, 5) is 55.8. The Morgan fingerprint density at radius 1 is 0.898 bits per heavy atom. The van der Waals surface area contributed by atoms with Gasteiger partial charge in [0, 0.05) is 18.1 Å². The van der Waals surface area contributed by atoms with Gasteiger partial charge in [-0.3, -0.25) is 19.2 Å². The molecule has 12 heteroatoms. The molecule has 49 heavy (non-hydrogen) atoms. The van der Waals surface area contributed by atoms with Gasteiger partial charge in [-0.15, -0.1) is 0 Å². The van der Waals surface area contributed by atoms with Crippen LogP contribution in [0.5, 0.6) is 0 Å². The predicted molar refractivity (Wildman–Crippen MR) is 188 cm³/mol. The maximum Gasteiger partial charge on any atom is 0.289 e. The van der Waals surface area contributed by atoms with Crippen molar-refractivity contribution in [3.05, 3.63) is 112 Å². The second kappa shape index (κ2) is 13.9. The molecule has 1 aliphatic heterocycles. The van der Waals surface area contributed by atoms with Crippen LogP contribution < -0.4 is 10.6 Å². The molecule has 0 unspecified atom stereocenters. The Hall–Kier alpha value is -4.25. The quantitative estimate of drug-likeness (QED) is 0.200. The van der Waals surface area contributed by atoms with Crippen LogP contribution in [0.3, 0.4) is 0 Å². The molecule has 4 aromatic rings. The zero-order valence-electron chi connectivity index (χ0n) is 26.7. The van der Waals surface area contributed by atoms with E-state index in [1.165, 1.54) is 17.0 Å². The van der Waals surface area contributed by atoms with E-state index in [4.69, 9.17) is 23.2 Å². The molecule has 0 aromatic heterocycles. The summed E-state index contributed by atoms with van der Waals surface area (Å²) in [5.41, 5.74) is 0.632. The first-order chi connectivity index (χ1) is 23.5. The highest BCUT2D eigenvalue weighted by Crippen LogP contribution is 2.51. The molecule has 0 spiro atoms. The molecule has 1 heterocycles. The van der Waals surface area contributed by atoms with Gasteiger partial charge in [0.05, 0.1) is 26.6 Å². The number of carbonyl (C=O) groups excluding carboxylic acids is 4. The van der Waals surface area contributed by atoms with Gasteiger partial charge in [0.15, 0.2) is 9.84 Å². The second-order valence-corrected chi connectivity index (χ2v) is 15.6. The Labute approximate surface area is 294 Å². The average molecular weight is 721 g/mol. The summed E-state index contributed by atoms with van der Waals surface area (Å²) in [7, 11) is -4.07. The maximum atomic E-state index is 14.3.